The summed E-state index contributed by atoms with van der Waals surface area (Å²) in [6, 6.07) is 6.75. The zero-order valence-electron chi connectivity index (χ0n) is 14.3. The van der Waals surface area contributed by atoms with Crippen molar-refractivity contribution in [3.8, 4) is 5.75 Å². The van der Waals surface area contributed by atoms with Crippen LogP contribution in [0.25, 0.3) is 0 Å². The fourth-order valence-corrected chi connectivity index (χ4v) is 2.73. The van der Waals surface area contributed by atoms with Gasteiger partial charge < -0.3 is 19.9 Å². The molecular weight excluding hydrogens is 306 g/mol. The molecule has 132 valence electrons. The minimum absolute atomic E-state index is 0.181. The Hall–Kier alpha value is -1.85. The van der Waals surface area contributed by atoms with Crippen LogP contribution in [-0.4, -0.2) is 44.0 Å². The van der Waals surface area contributed by atoms with Gasteiger partial charge in [-0.2, -0.15) is 0 Å². The normalized spacial score (nSPS) is 15.5. The lowest BCUT2D eigenvalue weighted by atomic mass is 9.97. The second-order valence-corrected chi connectivity index (χ2v) is 6.05. The van der Waals surface area contributed by atoms with E-state index in [2.05, 4.69) is 16.1 Å². The third-order valence-corrected chi connectivity index (χ3v) is 4.09. The van der Waals surface area contributed by atoms with Crippen LogP contribution in [-0.2, 0) is 4.74 Å². The number of hydrogen-bond donors (Lipinski definition) is 2. The molecule has 0 amide bonds. The van der Waals surface area contributed by atoms with Crippen molar-refractivity contribution in [3.05, 3.63) is 41.5 Å². The van der Waals surface area contributed by atoms with Crippen molar-refractivity contribution in [3.63, 3.8) is 0 Å². The maximum Gasteiger partial charge on any atom is 0.337 e. The number of carbonyl (C=O) groups is 1. The van der Waals surface area contributed by atoms with Crippen molar-refractivity contribution >= 4 is 5.97 Å². The van der Waals surface area contributed by atoms with E-state index in [9.17, 15) is 9.90 Å². The van der Waals surface area contributed by atoms with Crippen LogP contribution in [0.2, 0.25) is 0 Å². The second-order valence-electron chi connectivity index (χ2n) is 6.05. The fourth-order valence-electron chi connectivity index (χ4n) is 2.73. The van der Waals surface area contributed by atoms with Crippen LogP contribution in [0.3, 0.4) is 0 Å². The maximum atomic E-state index is 11.5. The molecular formula is C19H27NO4. The Labute approximate surface area is 143 Å². The molecule has 1 aromatic carbocycles. The molecule has 5 nitrogen and oxygen atoms in total. The Balaban J connectivity index is 1.64. The van der Waals surface area contributed by atoms with E-state index >= 15 is 0 Å². The standard InChI is InChI=1S/C19H27NO4/c1-23-19(22)16-8-5-9-18(12-16)24-14-17(21)13-20-11-10-15-6-3-2-4-7-15/h5-6,8-9,12,17,20-21H,2-4,7,10-11,13-14H2,1H3. The van der Waals surface area contributed by atoms with Crippen molar-refractivity contribution in [2.45, 2.75) is 38.2 Å². The van der Waals surface area contributed by atoms with Gasteiger partial charge in [-0.3, -0.25) is 0 Å². The van der Waals surface area contributed by atoms with Crippen LogP contribution in [0.15, 0.2) is 35.9 Å². The van der Waals surface area contributed by atoms with Gasteiger partial charge in [-0.05, 0) is 56.8 Å². The fraction of sp³-hybridized carbons (Fsp3) is 0.526. The molecule has 0 spiro atoms. The molecule has 2 rings (SSSR count). The van der Waals surface area contributed by atoms with Gasteiger partial charge in [-0.1, -0.05) is 17.7 Å². The molecule has 1 atom stereocenters. The molecule has 0 radical (unpaired) electrons. The highest BCUT2D eigenvalue weighted by molar-refractivity contribution is 5.89. The Morgan fingerprint density at radius 2 is 2.25 bits per heavy atom. The van der Waals surface area contributed by atoms with Crippen molar-refractivity contribution < 1.29 is 19.4 Å². The Morgan fingerprint density at radius 1 is 1.38 bits per heavy atom. The first-order valence-corrected chi connectivity index (χ1v) is 8.57. The van der Waals surface area contributed by atoms with Crippen molar-refractivity contribution in [2.75, 3.05) is 26.8 Å². The van der Waals surface area contributed by atoms with Crippen molar-refractivity contribution in [1.29, 1.82) is 0 Å². The number of allylic oxidation sites excluding steroid dienone is 1. The van der Waals surface area contributed by atoms with E-state index in [0.717, 1.165) is 13.0 Å². The summed E-state index contributed by atoms with van der Waals surface area (Å²) < 4.78 is 10.2. The van der Waals surface area contributed by atoms with Gasteiger partial charge >= 0.3 is 5.97 Å². The van der Waals surface area contributed by atoms with Crippen LogP contribution in [0.4, 0.5) is 0 Å². The monoisotopic (exact) mass is 333 g/mol. The Kier molecular flexibility index (Phi) is 7.79. The molecule has 24 heavy (non-hydrogen) atoms. The van der Waals surface area contributed by atoms with Crippen LogP contribution < -0.4 is 10.1 Å². The number of methoxy groups -OCH3 is 1. The molecule has 1 aliphatic carbocycles. The maximum absolute atomic E-state index is 11.5. The van der Waals surface area contributed by atoms with E-state index in [-0.39, 0.29) is 6.61 Å². The van der Waals surface area contributed by atoms with E-state index in [4.69, 9.17) is 4.74 Å². The van der Waals surface area contributed by atoms with Crippen LogP contribution >= 0.6 is 0 Å². The average Bonchev–Trinajstić information content (AvgIpc) is 2.64. The lowest BCUT2D eigenvalue weighted by molar-refractivity contribution is 0.0600. The summed E-state index contributed by atoms with van der Waals surface area (Å²) >= 11 is 0. The summed E-state index contributed by atoms with van der Waals surface area (Å²) in [4.78, 5) is 11.5. The van der Waals surface area contributed by atoms with Crippen molar-refractivity contribution in [1.82, 2.24) is 5.32 Å². The highest BCUT2D eigenvalue weighted by Gasteiger charge is 2.09. The third kappa shape index (κ3) is 6.34. The van der Waals surface area contributed by atoms with E-state index < -0.39 is 12.1 Å². The Morgan fingerprint density at radius 3 is 3.00 bits per heavy atom. The third-order valence-electron chi connectivity index (χ3n) is 4.09. The average molecular weight is 333 g/mol. The van der Waals surface area contributed by atoms with Crippen molar-refractivity contribution in [2.24, 2.45) is 0 Å². The number of carbonyl (C=O) groups excluding carboxylic acids is 1. The molecule has 2 N–H and O–H groups in total. The molecule has 0 aliphatic heterocycles. The molecule has 0 saturated carbocycles. The number of nitrogens with one attached hydrogen (secondary N) is 1. The zero-order valence-corrected chi connectivity index (χ0v) is 14.3. The van der Waals surface area contributed by atoms with Gasteiger partial charge in [0, 0.05) is 6.54 Å². The van der Waals surface area contributed by atoms with Crippen LogP contribution in [0.5, 0.6) is 5.75 Å². The molecule has 0 heterocycles. The molecule has 1 aromatic rings. The second kappa shape index (κ2) is 10.1. The van der Waals surface area contributed by atoms with E-state index in [0.29, 0.717) is 17.9 Å². The molecule has 0 aromatic heterocycles. The molecule has 0 fully saturated rings. The molecule has 1 unspecified atom stereocenters. The number of aliphatic hydroxyl groups excluding tert-OH is 1. The highest BCUT2D eigenvalue weighted by atomic mass is 16.5. The number of aliphatic hydroxyl groups is 1. The van der Waals surface area contributed by atoms with E-state index in [1.165, 1.54) is 38.4 Å². The molecule has 0 saturated heterocycles. The molecule has 0 bridgehead atoms. The van der Waals surface area contributed by atoms with Gasteiger partial charge in [-0.25, -0.2) is 4.79 Å². The SMILES string of the molecule is COC(=O)c1cccc(OCC(O)CNCCC2=CCCCC2)c1. The summed E-state index contributed by atoms with van der Waals surface area (Å²) in [6.07, 6.45) is 7.83. The summed E-state index contributed by atoms with van der Waals surface area (Å²) in [5.41, 5.74) is 1.96. The molecule has 1 aliphatic rings. The number of hydrogen-bond acceptors (Lipinski definition) is 5. The zero-order chi connectivity index (χ0) is 17.2. The number of rotatable bonds is 9. The first kappa shape index (κ1) is 18.5. The van der Waals surface area contributed by atoms with Gasteiger partial charge in [0.1, 0.15) is 18.5 Å². The number of ether oxygens (including phenoxy) is 2. The van der Waals surface area contributed by atoms with Gasteiger partial charge in [-0.15, -0.1) is 0 Å². The minimum Gasteiger partial charge on any atom is -0.491 e. The lowest BCUT2D eigenvalue weighted by Crippen LogP contribution is -2.32. The smallest absolute Gasteiger partial charge is 0.337 e. The van der Waals surface area contributed by atoms with Crippen LogP contribution in [0, 0.1) is 0 Å². The summed E-state index contributed by atoms with van der Waals surface area (Å²) in [5.74, 6) is 0.143. The largest absolute Gasteiger partial charge is 0.491 e. The lowest BCUT2D eigenvalue weighted by Gasteiger charge is -2.15. The minimum atomic E-state index is -0.591. The summed E-state index contributed by atoms with van der Waals surface area (Å²) in [6.45, 7) is 1.55. The predicted octanol–water partition coefficient (Wildman–Crippen LogP) is 2.69. The predicted molar refractivity (Wildman–Crippen MR) is 93.3 cm³/mol. The van der Waals surface area contributed by atoms with Gasteiger partial charge in [0.25, 0.3) is 0 Å². The van der Waals surface area contributed by atoms with Gasteiger partial charge in [0.2, 0.25) is 0 Å². The Bertz CT molecular complexity index is 556. The molecule has 5 heteroatoms. The summed E-state index contributed by atoms with van der Waals surface area (Å²) in [7, 11) is 1.34. The van der Waals surface area contributed by atoms with Gasteiger partial charge in [0.05, 0.1) is 12.7 Å². The summed E-state index contributed by atoms with van der Waals surface area (Å²) in [5, 5.41) is 13.2. The van der Waals surface area contributed by atoms with E-state index in [1.807, 2.05) is 0 Å². The number of esters is 1. The highest BCUT2D eigenvalue weighted by Crippen LogP contribution is 2.19. The van der Waals surface area contributed by atoms with Crippen LogP contribution in [0.1, 0.15) is 42.5 Å². The first-order chi connectivity index (χ1) is 11.7. The first-order valence-electron chi connectivity index (χ1n) is 8.57. The van der Waals surface area contributed by atoms with Gasteiger partial charge in [0.15, 0.2) is 0 Å². The quantitative estimate of drug-likeness (QED) is 0.413. The van der Waals surface area contributed by atoms with E-state index in [1.54, 1.807) is 24.3 Å². The topological polar surface area (TPSA) is 67.8 Å². The number of benzene rings is 1.